The number of carbonyl (C=O) groups is 1. The minimum absolute atomic E-state index is 0.0786. The molecule has 1 unspecified atom stereocenters. The van der Waals surface area contributed by atoms with Gasteiger partial charge < -0.3 is 4.79 Å². The maximum atomic E-state index is 10.9. The summed E-state index contributed by atoms with van der Waals surface area (Å²) in [6.45, 7) is 3.96. The van der Waals surface area contributed by atoms with Crippen LogP contribution in [0.5, 0.6) is 0 Å². The summed E-state index contributed by atoms with van der Waals surface area (Å²) in [5.74, 6) is 0. The average molecular weight is 189 g/mol. The molecule has 1 aromatic rings. The Balaban J connectivity index is 2.29. The Kier molecular flexibility index (Phi) is 2.64. The van der Waals surface area contributed by atoms with Gasteiger partial charge >= 0.3 is 0 Å². The van der Waals surface area contributed by atoms with Gasteiger partial charge in [0.15, 0.2) is 0 Å². The molecule has 1 aromatic carbocycles. The highest BCUT2D eigenvalue weighted by atomic mass is 16.1. The molecule has 0 aliphatic carbocycles. The van der Waals surface area contributed by atoms with Gasteiger partial charge in [-0.2, -0.15) is 0 Å². The number of carbonyl (C=O) groups excluding carboxylic acids is 1. The lowest BCUT2D eigenvalue weighted by molar-refractivity contribution is -0.112. The van der Waals surface area contributed by atoms with Gasteiger partial charge in [0.05, 0.1) is 6.04 Å². The van der Waals surface area contributed by atoms with Crippen LogP contribution in [0.15, 0.2) is 24.3 Å². The lowest BCUT2D eigenvalue weighted by Gasteiger charge is -2.32. The molecule has 0 fully saturated rings. The van der Waals surface area contributed by atoms with Crippen molar-refractivity contribution in [2.24, 2.45) is 0 Å². The smallest absolute Gasteiger partial charge is 0.137 e. The molecule has 1 heterocycles. The molecule has 2 nitrogen and oxygen atoms in total. The van der Waals surface area contributed by atoms with Crippen LogP contribution >= 0.6 is 0 Å². The Hall–Kier alpha value is -1.15. The van der Waals surface area contributed by atoms with Gasteiger partial charge in [-0.1, -0.05) is 31.2 Å². The summed E-state index contributed by atoms with van der Waals surface area (Å²) in [5, 5.41) is 0. The average Bonchev–Trinajstić information content (AvgIpc) is 2.27. The Morgan fingerprint density at radius 3 is 2.79 bits per heavy atom. The van der Waals surface area contributed by atoms with Crippen LogP contribution in [0.3, 0.4) is 0 Å². The number of rotatable bonds is 2. The monoisotopic (exact) mass is 189 g/mol. The van der Waals surface area contributed by atoms with E-state index in [1.165, 1.54) is 11.1 Å². The van der Waals surface area contributed by atoms with Crippen LogP contribution < -0.4 is 0 Å². The van der Waals surface area contributed by atoms with E-state index >= 15 is 0 Å². The molecular weight excluding hydrogens is 174 g/mol. The fourth-order valence-corrected chi connectivity index (χ4v) is 2.08. The van der Waals surface area contributed by atoms with Crippen molar-refractivity contribution in [3.8, 4) is 0 Å². The summed E-state index contributed by atoms with van der Waals surface area (Å²) < 4.78 is 0. The molecule has 14 heavy (non-hydrogen) atoms. The fourth-order valence-electron chi connectivity index (χ4n) is 2.08. The van der Waals surface area contributed by atoms with Gasteiger partial charge in [-0.05, 0) is 24.1 Å². The van der Waals surface area contributed by atoms with Crippen LogP contribution in [0.1, 0.15) is 18.1 Å². The van der Waals surface area contributed by atoms with E-state index in [0.717, 1.165) is 25.8 Å². The summed E-state index contributed by atoms with van der Waals surface area (Å²) in [4.78, 5) is 13.1. The van der Waals surface area contributed by atoms with E-state index in [4.69, 9.17) is 0 Å². The fraction of sp³-hybridized carbons (Fsp3) is 0.417. The summed E-state index contributed by atoms with van der Waals surface area (Å²) in [6.07, 6.45) is 1.94. The molecule has 0 bridgehead atoms. The number of fused-ring (bicyclic) bond motifs is 1. The minimum Gasteiger partial charge on any atom is -0.302 e. The van der Waals surface area contributed by atoms with E-state index in [-0.39, 0.29) is 6.04 Å². The highest BCUT2D eigenvalue weighted by molar-refractivity contribution is 5.59. The third-order valence-corrected chi connectivity index (χ3v) is 2.95. The zero-order valence-corrected chi connectivity index (χ0v) is 8.44. The molecule has 0 radical (unpaired) electrons. The van der Waals surface area contributed by atoms with E-state index in [1.807, 2.05) is 6.07 Å². The highest BCUT2D eigenvalue weighted by Gasteiger charge is 2.23. The molecule has 0 saturated carbocycles. The first-order chi connectivity index (χ1) is 6.85. The van der Waals surface area contributed by atoms with Gasteiger partial charge in [0.25, 0.3) is 0 Å². The molecular formula is C12H15NO. The van der Waals surface area contributed by atoms with E-state index < -0.39 is 0 Å². The van der Waals surface area contributed by atoms with Gasteiger partial charge in [-0.25, -0.2) is 0 Å². The molecule has 1 atom stereocenters. The summed E-state index contributed by atoms with van der Waals surface area (Å²) in [6, 6.07) is 8.46. The van der Waals surface area contributed by atoms with Crippen molar-refractivity contribution in [3.63, 3.8) is 0 Å². The summed E-state index contributed by atoms with van der Waals surface area (Å²) in [5.41, 5.74) is 2.70. The van der Waals surface area contributed by atoms with Crippen molar-refractivity contribution in [2.75, 3.05) is 6.54 Å². The van der Waals surface area contributed by atoms with Crippen molar-refractivity contribution in [1.29, 1.82) is 0 Å². The van der Waals surface area contributed by atoms with Crippen LogP contribution in [0.2, 0.25) is 0 Å². The summed E-state index contributed by atoms with van der Waals surface area (Å²) >= 11 is 0. The van der Waals surface area contributed by atoms with Gasteiger partial charge in [0, 0.05) is 6.54 Å². The van der Waals surface area contributed by atoms with Crippen molar-refractivity contribution < 1.29 is 4.79 Å². The number of nitrogens with zero attached hydrogens (tertiary/aromatic N) is 1. The van der Waals surface area contributed by atoms with E-state index in [0.29, 0.717) is 0 Å². The van der Waals surface area contributed by atoms with Crippen LogP contribution in [0.25, 0.3) is 0 Å². The Morgan fingerprint density at radius 2 is 2.14 bits per heavy atom. The third kappa shape index (κ3) is 1.58. The predicted molar refractivity (Wildman–Crippen MR) is 56.1 cm³/mol. The lowest BCUT2D eigenvalue weighted by Crippen LogP contribution is -2.41. The standard InChI is InChI=1S/C12H15NO/c1-2-13-8-11-6-4-3-5-10(11)7-12(13)9-14/h3-6,9,12H,2,7-8H2,1H3. The Morgan fingerprint density at radius 1 is 1.43 bits per heavy atom. The molecule has 1 aliphatic heterocycles. The quantitative estimate of drug-likeness (QED) is 0.659. The third-order valence-electron chi connectivity index (χ3n) is 2.95. The van der Waals surface area contributed by atoms with E-state index in [9.17, 15) is 4.79 Å². The Bertz CT molecular complexity index is 335. The van der Waals surface area contributed by atoms with Crippen molar-refractivity contribution >= 4 is 6.29 Å². The number of benzene rings is 1. The number of hydrogen-bond acceptors (Lipinski definition) is 2. The molecule has 0 amide bonds. The number of hydrogen-bond donors (Lipinski definition) is 0. The maximum absolute atomic E-state index is 10.9. The topological polar surface area (TPSA) is 20.3 Å². The largest absolute Gasteiger partial charge is 0.302 e. The molecule has 74 valence electrons. The second-order valence-electron chi connectivity index (χ2n) is 3.74. The Labute approximate surface area is 84.5 Å². The first-order valence-corrected chi connectivity index (χ1v) is 5.11. The molecule has 0 spiro atoms. The molecule has 2 rings (SSSR count). The molecule has 0 saturated heterocycles. The van der Waals surface area contributed by atoms with Crippen molar-refractivity contribution in [2.45, 2.75) is 25.9 Å². The maximum Gasteiger partial charge on any atom is 0.137 e. The van der Waals surface area contributed by atoms with Crippen LogP contribution in [0, 0.1) is 0 Å². The SMILES string of the molecule is CCN1Cc2ccccc2CC1C=O. The van der Waals surface area contributed by atoms with Gasteiger partial charge in [-0.15, -0.1) is 0 Å². The van der Waals surface area contributed by atoms with Crippen molar-refractivity contribution in [3.05, 3.63) is 35.4 Å². The van der Waals surface area contributed by atoms with Crippen molar-refractivity contribution in [1.82, 2.24) is 4.90 Å². The van der Waals surface area contributed by atoms with Crippen LogP contribution in [-0.4, -0.2) is 23.8 Å². The summed E-state index contributed by atoms with van der Waals surface area (Å²) in [7, 11) is 0. The van der Waals surface area contributed by atoms with Gasteiger partial charge in [-0.3, -0.25) is 4.90 Å². The zero-order valence-electron chi connectivity index (χ0n) is 8.44. The lowest BCUT2D eigenvalue weighted by atomic mass is 9.95. The van der Waals surface area contributed by atoms with Gasteiger partial charge in [0.2, 0.25) is 0 Å². The van der Waals surface area contributed by atoms with Crippen LogP contribution in [0.4, 0.5) is 0 Å². The first-order valence-electron chi connectivity index (χ1n) is 5.11. The second kappa shape index (κ2) is 3.93. The van der Waals surface area contributed by atoms with E-state index in [1.54, 1.807) is 0 Å². The zero-order chi connectivity index (χ0) is 9.97. The number of aldehydes is 1. The molecule has 1 aliphatic rings. The van der Waals surface area contributed by atoms with Crippen LogP contribution in [-0.2, 0) is 17.8 Å². The van der Waals surface area contributed by atoms with Gasteiger partial charge in [0.1, 0.15) is 6.29 Å². The normalized spacial score (nSPS) is 21.6. The predicted octanol–water partition coefficient (Wildman–Crippen LogP) is 1.63. The molecule has 0 aromatic heterocycles. The van der Waals surface area contributed by atoms with E-state index in [2.05, 4.69) is 30.0 Å². The highest BCUT2D eigenvalue weighted by Crippen LogP contribution is 2.21. The second-order valence-corrected chi connectivity index (χ2v) is 3.74. The molecule has 2 heteroatoms. The molecule has 0 N–H and O–H groups in total. The minimum atomic E-state index is 0.0786. The first kappa shape index (κ1) is 9.41. The number of likely N-dealkylation sites (N-methyl/N-ethyl adjacent to an activating group) is 1.